The zero-order valence-corrected chi connectivity index (χ0v) is 9.79. The average molecular weight is 188 g/mol. The minimum Gasteiger partial charge on any atom is -0.383 e. The van der Waals surface area contributed by atoms with Gasteiger partial charge in [-0.15, -0.1) is 0 Å². The van der Waals surface area contributed by atoms with E-state index in [1.807, 2.05) is 7.05 Å². The summed E-state index contributed by atoms with van der Waals surface area (Å²) < 4.78 is 5.13. The average Bonchev–Trinajstić information content (AvgIpc) is 2.14. The molecule has 0 saturated carbocycles. The number of methoxy groups -OCH3 is 1. The Balaban J connectivity index is 3.99. The SMILES string of the molecule is CNC(C)C(C)N(C)C(C)COC. The number of ether oxygens (including phenoxy) is 1. The van der Waals surface area contributed by atoms with Crippen molar-refractivity contribution in [1.29, 1.82) is 0 Å². The first-order chi connectivity index (χ1) is 6.04. The predicted octanol–water partition coefficient (Wildman–Crippen LogP) is 0.949. The van der Waals surface area contributed by atoms with Gasteiger partial charge in [-0.05, 0) is 34.9 Å². The van der Waals surface area contributed by atoms with E-state index in [2.05, 4.69) is 38.0 Å². The largest absolute Gasteiger partial charge is 0.383 e. The van der Waals surface area contributed by atoms with Crippen LogP contribution in [-0.2, 0) is 4.74 Å². The molecule has 0 aromatic heterocycles. The van der Waals surface area contributed by atoms with Crippen LogP contribution in [0.4, 0.5) is 0 Å². The molecule has 3 heteroatoms. The van der Waals surface area contributed by atoms with E-state index in [4.69, 9.17) is 4.74 Å². The van der Waals surface area contributed by atoms with Gasteiger partial charge < -0.3 is 10.1 Å². The second-order valence-electron chi connectivity index (χ2n) is 3.79. The van der Waals surface area contributed by atoms with E-state index in [9.17, 15) is 0 Å². The maximum Gasteiger partial charge on any atom is 0.0615 e. The topological polar surface area (TPSA) is 24.5 Å². The first-order valence-electron chi connectivity index (χ1n) is 4.92. The smallest absolute Gasteiger partial charge is 0.0615 e. The van der Waals surface area contributed by atoms with Gasteiger partial charge in [0.15, 0.2) is 0 Å². The third-order valence-electron chi connectivity index (χ3n) is 2.92. The molecular weight excluding hydrogens is 164 g/mol. The maximum atomic E-state index is 5.13. The molecule has 0 fully saturated rings. The number of likely N-dealkylation sites (N-methyl/N-ethyl adjacent to an activating group) is 2. The van der Waals surface area contributed by atoms with Crippen LogP contribution in [0.5, 0.6) is 0 Å². The minimum absolute atomic E-state index is 0.468. The van der Waals surface area contributed by atoms with E-state index in [1.54, 1.807) is 7.11 Å². The van der Waals surface area contributed by atoms with Gasteiger partial charge in [-0.1, -0.05) is 0 Å². The van der Waals surface area contributed by atoms with Crippen molar-refractivity contribution in [1.82, 2.24) is 10.2 Å². The van der Waals surface area contributed by atoms with Crippen molar-refractivity contribution in [3.63, 3.8) is 0 Å². The molecule has 0 saturated heterocycles. The van der Waals surface area contributed by atoms with Crippen molar-refractivity contribution in [2.24, 2.45) is 0 Å². The number of hydrogen-bond donors (Lipinski definition) is 1. The Bertz CT molecular complexity index is 130. The molecule has 13 heavy (non-hydrogen) atoms. The standard InChI is InChI=1S/C10H24N2O/c1-8(7-13-6)12(5)10(3)9(2)11-4/h8-11H,7H2,1-6H3. The molecule has 0 bridgehead atoms. The Morgan fingerprint density at radius 1 is 1.31 bits per heavy atom. The Labute approximate surface area is 82.4 Å². The number of hydrogen-bond acceptors (Lipinski definition) is 3. The van der Waals surface area contributed by atoms with Crippen molar-refractivity contribution >= 4 is 0 Å². The lowest BCUT2D eigenvalue weighted by Gasteiger charge is -2.34. The van der Waals surface area contributed by atoms with Crippen molar-refractivity contribution in [3.8, 4) is 0 Å². The van der Waals surface area contributed by atoms with Gasteiger partial charge in [-0.2, -0.15) is 0 Å². The van der Waals surface area contributed by atoms with Crippen molar-refractivity contribution in [2.75, 3.05) is 27.8 Å². The molecular formula is C10H24N2O. The third-order valence-corrected chi connectivity index (χ3v) is 2.92. The van der Waals surface area contributed by atoms with E-state index in [1.165, 1.54) is 0 Å². The Morgan fingerprint density at radius 2 is 1.85 bits per heavy atom. The zero-order valence-electron chi connectivity index (χ0n) is 9.79. The highest BCUT2D eigenvalue weighted by Crippen LogP contribution is 2.06. The molecule has 0 radical (unpaired) electrons. The summed E-state index contributed by atoms with van der Waals surface area (Å²) in [6, 6.07) is 1.50. The predicted molar refractivity (Wildman–Crippen MR) is 57.1 cm³/mol. The van der Waals surface area contributed by atoms with Crippen LogP contribution in [0, 0.1) is 0 Å². The van der Waals surface area contributed by atoms with Crippen LogP contribution in [0.1, 0.15) is 20.8 Å². The van der Waals surface area contributed by atoms with E-state index in [-0.39, 0.29) is 0 Å². The van der Waals surface area contributed by atoms with Crippen LogP contribution in [-0.4, -0.2) is 50.8 Å². The first kappa shape index (κ1) is 12.9. The van der Waals surface area contributed by atoms with Gasteiger partial charge in [0.05, 0.1) is 6.61 Å². The normalized spacial score (nSPS) is 18.7. The van der Waals surface area contributed by atoms with Gasteiger partial charge in [0.1, 0.15) is 0 Å². The lowest BCUT2D eigenvalue weighted by atomic mass is 10.1. The molecule has 0 heterocycles. The summed E-state index contributed by atoms with van der Waals surface area (Å²) in [6.45, 7) is 7.40. The van der Waals surface area contributed by atoms with Gasteiger partial charge in [0.2, 0.25) is 0 Å². The number of rotatable bonds is 6. The quantitative estimate of drug-likeness (QED) is 0.671. The summed E-state index contributed by atoms with van der Waals surface area (Å²) in [5.41, 5.74) is 0. The van der Waals surface area contributed by atoms with Crippen LogP contribution in [0.2, 0.25) is 0 Å². The lowest BCUT2D eigenvalue weighted by molar-refractivity contribution is 0.0844. The van der Waals surface area contributed by atoms with Crippen molar-refractivity contribution in [2.45, 2.75) is 38.9 Å². The molecule has 80 valence electrons. The summed E-state index contributed by atoms with van der Waals surface area (Å²) in [4.78, 5) is 2.34. The molecule has 0 spiro atoms. The summed E-state index contributed by atoms with van der Waals surface area (Å²) in [6.07, 6.45) is 0. The van der Waals surface area contributed by atoms with Crippen LogP contribution in [0.15, 0.2) is 0 Å². The van der Waals surface area contributed by atoms with E-state index < -0.39 is 0 Å². The molecule has 0 rings (SSSR count). The van der Waals surface area contributed by atoms with Gasteiger partial charge in [0, 0.05) is 25.2 Å². The van der Waals surface area contributed by atoms with Gasteiger partial charge in [-0.3, -0.25) is 4.90 Å². The molecule has 0 aromatic carbocycles. The lowest BCUT2D eigenvalue weighted by Crippen LogP contribution is -2.48. The highest BCUT2D eigenvalue weighted by atomic mass is 16.5. The van der Waals surface area contributed by atoms with Crippen LogP contribution >= 0.6 is 0 Å². The van der Waals surface area contributed by atoms with Crippen molar-refractivity contribution < 1.29 is 4.74 Å². The minimum atomic E-state index is 0.468. The molecule has 0 amide bonds. The molecule has 0 aliphatic heterocycles. The maximum absolute atomic E-state index is 5.13. The summed E-state index contributed by atoms with van der Waals surface area (Å²) in [5.74, 6) is 0. The molecule has 0 aliphatic rings. The second-order valence-corrected chi connectivity index (χ2v) is 3.79. The zero-order chi connectivity index (χ0) is 10.4. The van der Waals surface area contributed by atoms with Crippen LogP contribution < -0.4 is 5.32 Å². The number of nitrogens with zero attached hydrogens (tertiary/aromatic N) is 1. The Morgan fingerprint density at radius 3 is 2.23 bits per heavy atom. The van der Waals surface area contributed by atoms with Crippen LogP contribution in [0.3, 0.4) is 0 Å². The highest BCUT2D eigenvalue weighted by molar-refractivity contribution is 4.77. The molecule has 3 unspecified atom stereocenters. The van der Waals surface area contributed by atoms with Gasteiger partial charge >= 0.3 is 0 Å². The molecule has 1 N–H and O–H groups in total. The number of nitrogens with one attached hydrogen (secondary N) is 1. The first-order valence-corrected chi connectivity index (χ1v) is 4.92. The fourth-order valence-corrected chi connectivity index (χ4v) is 1.35. The highest BCUT2D eigenvalue weighted by Gasteiger charge is 2.19. The molecule has 3 nitrogen and oxygen atoms in total. The van der Waals surface area contributed by atoms with Crippen LogP contribution in [0.25, 0.3) is 0 Å². The van der Waals surface area contributed by atoms with E-state index >= 15 is 0 Å². The fourth-order valence-electron chi connectivity index (χ4n) is 1.35. The Kier molecular flexibility index (Phi) is 6.29. The van der Waals surface area contributed by atoms with Crippen molar-refractivity contribution in [3.05, 3.63) is 0 Å². The fraction of sp³-hybridized carbons (Fsp3) is 1.00. The summed E-state index contributed by atoms with van der Waals surface area (Å²) >= 11 is 0. The van der Waals surface area contributed by atoms with Gasteiger partial charge in [-0.25, -0.2) is 0 Å². The summed E-state index contributed by atoms with van der Waals surface area (Å²) in [7, 11) is 5.88. The third kappa shape index (κ3) is 4.07. The monoisotopic (exact) mass is 188 g/mol. The summed E-state index contributed by atoms with van der Waals surface area (Å²) in [5, 5.41) is 3.26. The Hall–Kier alpha value is -0.120. The molecule has 3 atom stereocenters. The van der Waals surface area contributed by atoms with Gasteiger partial charge in [0.25, 0.3) is 0 Å². The second kappa shape index (κ2) is 6.35. The molecule has 0 aliphatic carbocycles. The van der Waals surface area contributed by atoms with E-state index in [0.29, 0.717) is 18.1 Å². The molecule has 0 aromatic rings. The van der Waals surface area contributed by atoms with E-state index in [0.717, 1.165) is 6.61 Å².